The lowest BCUT2D eigenvalue weighted by Crippen LogP contribution is -2.38. The first-order valence-corrected chi connectivity index (χ1v) is 11.4. The summed E-state index contributed by atoms with van der Waals surface area (Å²) in [5, 5.41) is 0. The van der Waals surface area contributed by atoms with Crippen LogP contribution >= 0.6 is 0 Å². The van der Waals surface area contributed by atoms with Gasteiger partial charge in [-0.15, -0.1) is 0 Å². The lowest BCUT2D eigenvalue weighted by atomic mass is 10.2. The van der Waals surface area contributed by atoms with E-state index in [0.29, 0.717) is 0 Å². The minimum Gasteiger partial charge on any atom is -0.419 e. The molecule has 0 amide bonds. The van der Waals surface area contributed by atoms with Gasteiger partial charge in [-0.1, -0.05) is 34.9 Å². The molecule has 3 aliphatic carbocycles. The molecule has 0 aromatic rings. The van der Waals surface area contributed by atoms with Gasteiger partial charge in [-0.3, -0.25) is 0 Å². The fourth-order valence-electron chi connectivity index (χ4n) is 4.34. The topological polar surface area (TPSA) is 9.23 Å². The van der Waals surface area contributed by atoms with Crippen LogP contribution in [0.25, 0.3) is 0 Å². The second-order valence-corrected chi connectivity index (χ2v) is 11.0. The van der Waals surface area contributed by atoms with Gasteiger partial charge in [0.2, 0.25) is 8.32 Å². The summed E-state index contributed by atoms with van der Waals surface area (Å²) < 4.78 is 6.34. The van der Waals surface area contributed by atoms with Gasteiger partial charge in [0.15, 0.2) is 0 Å². The first-order valence-electron chi connectivity index (χ1n) is 8.89. The minimum atomic E-state index is -1.67. The average Bonchev–Trinajstić information content (AvgIpc) is 3.21. The van der Waals surface area contributed by atoms with Gasteiger partial charge in [0.05, 0.1) is 0 Å². The number of allylic oxidation sites excluding steroid dienone is 6. The Morgan fingerprint density at radius 1 is 0.762 bits per heavy atom. The molecular formula is C19H30OSi. The zero-order valence-corrected chi connectivity index (χ0v) is 14.6. The molecule has 0 bridgehead atoms. The number of hydrogen-bond donors (Lipinski definition) is 0. The molecule has 0 N–H and O–H groups in total. The maximum Gasteiger partial charge on any atom is 0.204 e. The monoisotopic (exact) mass is 302 g/mol. The molecule has 0 aromatic heterocycles. The van der Waals surface area contributed by atoms with Crippen molar-refractivity contribution < 1.29 is 4.43 Å². The smallest absolute Gasteiger partial charge is 0.204 e. The van der Waals surface area contributed by atoms with Crippen molar-refractivity contribution in [2.45, 2.75) is 75.9 Å². The molecule has 0 heterocycles. The van der Waals surface area contributed by atoms with E-state index in [1.165, 1.54) is 75.9 Å². The molecule has 2 heteroatoms. The number of rotatable bonds is 7. The molecule has 1 nitrogen and oxygen atoms in total. The predicted molar refractivity (Wildman–Crippen MR) is 93.0 cm³/mol. The van der Waals surface area contributed by atoms with Gasteiger partial charge in [0.1, 0.15) is 0 Å². The van der Waals surface area contributed by atoms with E-state index in [4.69, 9.17) is 4.43 Å². The zero-order valence-electron chi connectivity index (χ0n) is 13.6. The molecule has 0 saturated carbocycles. The molecule has 0 atom stereocenters. The fourth-order valence-corrected chi connectivity index (χ4v) is 8.59. The quantitative estimate of drug-likeness (QED) is 0.419. The van der Waals surface area contributed by atoms with E-state index in [-0.39, 0.29) is 0 Å². The highest BCUT2D eigenvalue weighted by Gasteiger charge is 2.37. The van der Waals surface area contributed by atoms with E-state index >= 15 is 0 Å². The average molecular weight is 303 g/mol. The highest BCUT2D eigenvalue weighted by Crippen LogP contribution is 2.39. The van der Waals surface area contributed by atoms with Crippen molar-refractivity contribution in [1.82, 2.24) is 0 Å². The van der Waals surface area contributed by atoms with Gasteiger partial charge in [0.25, 0.3) is 0 Å². The summed E-state index contributed by atoms with van der Waals surface area (Å²) in [5.74, 6) is 0. The van der Waals surface area contributed by atoms with Crippen molar-refractivity contribution in [3.05, 3.63) is 34.9 Å². The van der Waals surface area contributed by atoms with Gasteiger partial charge in [-0.25, -0.2) is 0 Å². The van der Waals surface area contributed by atoms with Crippen LogP contribution in [-0.2, 0) is 4.43 Å². The first kappa shape index (κ1) is 15.3. The van der Waals surface area contributed by atoms with Crippen molar-refractivity contribution in [3.8, 4) is 0 Å². The molecule has 0 unspecified atom stereocenters. The van der Waals surface area contributed by atoms with E-state index in [0.717, 1.165) is 0 Å². The lowest BCUT2D eigenvalue weighted by molar-refractivity contribution is 0.395. The summed E-state index contributed by atoms with van der Waals surface area (Å²) in [6.07, 6.45) is 19.5. The normalized spacial score (nSPS) is 22.4. The van der Waals surface area contributed by atoms with E-state index in [9.17, 15) is 0 Å². The van der Waals surface area contributed by atoms with E-state index in [1.807, 2.05) is 7.11 Å². The Bertz CT molecular complexity index is 394. The van der Waals surface area contributed by atoms with Crippen molar-refractivity contribution >= 4 is 8.32 Å². The largest absolute Gasteiger partial charge is 0.419 e. The molecule has 0 saturated heterocycles. The standard InChI is InChI=1S/C19H30OSi/c1-20-21(14-17-8-2-3-9-17,15-18-10-4-5-11-18)16-19-12-6-7-13-19/h8,10,12H,2-7,9,11,13-16H2,1H3. The highest BCUT2D eigenvalue weighted by atomic mass is 28.4. The van der Waals surface area contributed by atoms with Crippen LogP contribution in [0.4, 0.5) is 0 Å². The summed E-state index contributed by atoms with van der Waals surface area (Å²) in [6.45, 7) is 0. The molecular weight excluding hydrogens is 272 g/mol. The van der Waals surface area contributed by atoms with E-state index in [2.05, 4.69) is 18.2 Å². The highest BCUT2D eigenvalue weighted by molar-refractivity contribution is 6.75. The van der Waals surface area contributed by atoms with Crippen LogP contribution in [0.5, 0.6) is 0 Å². The van der Waals surface area contributed by atoms with Crippen LogP contribution < -0.4 is 0 Å². The van der Waals surface area contributed by atoms with Gasteiger partial charge < -0.3 is 4.43 Å². The summed E-state index contributed by atoms with van der Waals surface area (Å²) >= 11 is 0. The Morgan fingerprint density at radius 2 is 1.14 bits per heavy atom. The second kappa shape index (κ2) is 7.10. The molecule has 116 valence electrons. The summed E-state index contributed by atoms with van der Waals surface area (Å²) in [6, 6.07) is 3.87. The summed E-state index contributed by atoms with van der Waals surface area (Å²) in [7, 11) is 0.337. The van der Waals surface area contributed by atoms with Crippen LogP contribution in [-0.4, -0.2) is 15.4 Å². The van der Waals surface area contributed by atoms with Gasteiger partial charge >= 0.3 is 0 Å². The third-order valence-corrected chi connectivity index (χ3v) is 9.65. The predicted octanol–water partition coefficient (Wildman–Crippen LogP) is 5.91. The van der Waals surface area contributed by atoms with Crippen LogP contribution in [0.15, 0.2) is 34.9 Å². The van der Waals surface area contributed by atoms with E-state index in [1.54, 1.807) is 16.7 Å². The van der Waals surface area contributed by atoms with Gasteiger partial charge in [0, 0.05) is 7.11 Å². The van der Waals surface area contributed by atoms with Crippen LogP contribution in [0, 0.1) is 0 Å². The Kier molecular flexibility index (Phi) is 5.18. The SMILES string of the molecule is CO[Si](CC1=CCCC1)(CC1=CCCC1)CC1=CCCC1. The maximum absolute atomic E-state index is 6.34. The third kappa shape index (κ3) is 3.98. The molecule has 0 aromatic carbocycles. The Morgan fingerprint density at radius 3 is 1.38 bits per heavy atom. The van der Waals surface area contributed by atoms with E-state index < -0.39 is 8.32 Å². The molecule has 0 fully saturated rings. The molecule has 21 heavy (non-hydrogen) atoms. The minimum absolute atomic E-state index is 1.29. The summed E-state index contributed by atoms with van der Waals surface area (Å²) in [5.41, 5.74) is 5.13. The first-order chi connectivity index (χ1) is 10.3. The molecule has 0 radical (unpaired) electrons. The maximum atomic E-state index is 6.34. The van der Waals surface area contributed by atoms with Gasteiger partial charge in [-0.05, 0) is 75.9 Å². The molecule has 3 aliphatic rings. The number of hydrogen-bond acceptors (Lipinski definition) is 1. The van der Waals surface area contributed by atoms with Crippen molar-refractivity contribution in [2.75, 3.05) is 7.11 Å². The zero-order chi connectivity index (χ0) is 14.5. The summed E-state index contributed by atoms with van der Waals surface area (Å²) in [4.78, 5) is 0. The third-order valence-electron chi connectivity index (χ3n) is 5.49. The van der Waals surface area contributed by atoms with Crippen LogP contribution in [0.3, 0.4) is 0 Å². The fraction of sp³-hybridized carbons (Fsp3) is 0.684. The van der Waals surface area contributed by atoms with Gasteiger partial charge in [-0.2, -0.15) is 0 Å². The van der Waals surface area contributed by atoms with Crippen LogP contribution in [0.1, 0.15) is 57.8 Å². The Labute approximate surface area is 131 Å². The van der Waals surface area contributed by atoms with Crippen molar-refractivity contribution in [3.63, 3.8) is 0 Å². The Hall–Kier alpha value is -0.603. The van der Waals surface area contributed by atoms with Crippen LogP contribution in [0.2, 0.25) is 18.1 Å². The van der Waals surface area contributed by atoms with Crippen molar-refractivity contribution in [2.24, 2.45) is 0 Å². The second-order valence-electron chi connectivity index (χ2n) is 7.18. The molecule has 3 rings (SSSR count). The Balaban J connectivity index is 1.75. The molecule has 0 aliphatic heterocycles. The molecule has 0 spiro atoms. The lowest BCUT2D eigenvalue weighted by Gasteiger charge is -2.32. The van der Waals surface area contributed by atoms with Crippen molar-refractivity contribution in [1.29, 1.82) is 0 Å².